The zero-order chi connectivity index (χ0) is 14.7. The van der Waals surface area contributed by atoms with Gasteiger partial charge < -0.3 is 15.4 Å². The van der Waals surface area contributed by atoms with Gasteiger partial charge in [-0.25, -0.2) is 4.79 Å². The van der Waals surface area contributed by atoms with Crippen LogP contribution < -0.4 is 10.6 Å². The van der Waals surface area contributed by atoms with E-state index in [0.29, 0.717) is 17.3 Å². The maximum absolute atomic E-state index is 11.9. The van der Waals surface area contributed by atoms with Gasteiger partial charge in [0.1, 0.15) is 0 Å². The Morgan fingerprint density at radius 3 is 2.80 bits per heavy atom. The van der Waals surface area contributed by atoms with E-state index in [1.54, 1.807) is 6.07 Å². The number of hydrogen-bond donors (Lipinski definition) is 1. The number of nitrogen functional groups attached to an aromatic ring is 1. The first kappa shape index (κ1) is 14.7. The molecule has 1 aromatic rings. The van der Waals surface area contributed by atoms with Crippen LogP contribution in [0.15, 0.2) is 18.2 Å². The van der Waals surface area contributed by atoms with Crippen molar-refractivity contribution < 1.29 is 9.53 Å². The van der Waals surface area contributed by atoms with Crippen molar-refractivity contribution >= 4 is 17.3 Å². The molecule has 1 aromatic carbocycles. The predicted molar refractivity (Wildman–Crippen MR) is 82.0 cm³/mol. The number of benzene rings is 1. The smallest absolute Gasteiger partial charge is 0.340 e. The van der Waals surface area contributed by atoms with Crippen LogP contribution in [0.25, 0.3) is 0 Å². The number of esters is 1. The maximum Gasteiger partial charge on any atom is 0.340 e. The van der Waals surface area contributed by atoms with E-state index in [9.17, 15) is 4.79 Å². The quantitative estimate of drug-likeness (QED) is 0.681. The van der Waals surface area contributed by atoms with Crippen molar-refractivity contribution in [3.05, 3.63) is 23.8 Å². The summed E-state index contributed by atoms with van der Waals surface area (Å²) in [5.41, 5.74) is 7.83. The van der Waals surface area contributed by atoms with Crippen LogP contribution in [-0.4, -0.2) is 26.2 Å². The summed E-state index contributed by atoms with van der Waals surface area (Å²) < 4.78 is 4.87. The van der Waals surface area contributed by atoms with E-state index < -0.39 is 0 Å². The average molecular weight is 276 g/mol. The van der Waals surface area contributed by atoms with Gasteiger partial charge in [0.2, 0.25) is 0 Å². The Hall–Kier alpha value is -1.71. The molecule has 20 heavy (non-hydrogen) atoms. The molecule has 2 rings (SSSR count). The van der Waals surface area contributed by atoms with Crippen LogP contribution in [0.4, 0.5) is 11.4 Å². The summed E-state index contributed by atoms with van der Waals surface area (Å²) in [6.07, 6.45) is 4.89. The van der Waals surface area contributed by atoms with Gasteiger partial charge in [0.05, 0.1) is 18.4 Å². The van der Waals surface area contributed by atoms with Gasteiger partial charge in [-0.15, -0.1) is 0 Å². The Labute approximate surface area is 120 Å². The van der Waals surface area contributed by atoms with E-state index >= 15 is 0 Å². The highest BCUT2D eigenvalue weighted by Gasteiger charge is 2.25. The summed E-state index contributed by atoms with van der Waals surface area (Å²) in [5, 5.41) is 0. The summed E-state index contributed by atoms with van der Waals surface area (Å²) in [5.74, 6) is 0.412. The number of carbonyl (C=O) groups excluding carboxylic acids is 1. The van der Waals surface area contributed by atoms with Crippen molar-refractivity contribution in [1.82, 2.24) is 0 Å². The third-order valence-corrected chi connectivity index (χ3v) is 4.26. The highest BCUT2D eigenvalue weighted by Crippen LogP contribution is 2.32. The monoisotopic (exact) mass is 276 g/mol. The van der Waals surface area contributed by atoms with Crippen LogP contribution in [-0.2, 0) is 4.74 Å². The van der Waals surface area contributed by atoms with Gasteiger partial charge in [-0.05, 0) is 37.0 Å². The van der Waals surface area contributed by atoms with Crippen molar-refractivity contribution in [2.75, 3.05) is 24.8 Å². The minimum Gasteiger partial charge on any atom is -0.465 e. The highest BCUT2D eigenvalue weighted by molar-refractivity contribution is 5.97. The Morgan fingerprint density at radius 1 is 1.40 bits per heavy atom. The molecule has 2 N–H and O–H groups in total. The van der Waals surface area contributed by atoms with Crippen molar-refractivity contribution in [2.45, 2.75) is 38.6 Å². The van der Waals surface area contributed by atoms with Crippen molar-refractivity contribution in [3.8, 4) is 0 Å². The number of nitrogens with zero attached hydrogens (tertiary/aromatic N) is 1. The van der Waals surface area contributed by atoms with Crippen molar-refractivity contribution in [2.24, 2.45) is 5.92 Å². The first-order valence-electron chi connectivity index (χ1n) is 7.23. The molecule has 0 saturated heterocycles. The predicted octanol–water partition coefficient (Wildman–Crippen LogP) is 3.07. The third kappa shape index (κ3) is 3.06. The van der Waals surface area contributed by atoms with Gasteiger partial charge >= 0.3 is 5.97 Å². The van der Waals surface area contributed by atoms with Crippen LogP contribution >= 0.6 is 0 Å². The number of ether oxygens (including phenoxy) is 1. The molecule has 0 bridgehead atoms. The average Bonchev–Trinajstić information content (AvgIpc) is 2.45. The summed E-state index contributed by atoms with van der Waals surface area (Å²) in [6, 6.07) is 5.93. The summed E-state index contributed by atoms with van der Waals surface area (Å²) in [4.78, 5) is 14.1. The number of anilines is 2. The molecule has 1 fully saturated rings. The van der Waals surface area contributed by atoms with E-state index in [2.05, 4.69) is 18.9 Å². The molecule has 0 amide bonds. The Kier molecular flexibility index (Phi) is 4.53. The minimum absolute atomic E-state index is 0.331. The molecule has 0 aromatic heterocycles. The normalized spacial score (nSPS) is 22.4. The molecule has 110 valence electrons. The van der Waals surface area contributed by atoms with Gasteiger partial charge in [-0.2, -0.15) is 0 Å². The van der Waals surface area contributed by atoms with Crippen molar-refractivity contribution in [3.63, 3.8) is 0 Å². The Balaban J connectivity index is 2.28. The largest absolute Gasteiger partial charge is 0.465 e. The van der Waals surface area contributed by atoms with Gasteiger partial charge in [0, 0.05) is 18.8 Å². The lowest BCUT2D eigenvalue weighted by Crippen LogP contribution is -2.36. The molecular weight excluding hydrogens is 252 g/mol. The topological polar surface area (TPSA) is 55.6 Å². The molecule has 0 heterocycles. The summed E-state index contributed by atoms with van der Waals surface area (Å²) in [6.45, 7) is 2.30. The number of methoxy groups -OCH3 is 1. The Morgan fingerprint density at radius 2 is 2.15 bits per heavy atom. The van der Waals surface area contributed by atoms with Gasteiger partial charge in [-0.3, -0.25) is 0 Å². The second kappa shape index (κ2) is 6.16. The second-order valence-corrected chi connectivity index (χ2v) is 5.80. The fourth-order valence-corrected chi connectivity index (χ4v) is 3.09. The fraction of sp³-hybridized carbons (Fsp3) is 0.562. The third-order valence-electron chi connectivity index (χ3n) is 4.26. The van der Waals surface area contributed by atoms with Gasteiger partial charge in [0.15, 0.2) is 0 Å². The van der Waals surface area contributed by atoms with E-state index in [-0.39, 0.29) is 5.97 Å². The second-order valence-electron chi connectivity index (χ2n) is 5.80. The summed E-state index contributed by atoms with van der Waals surface area (Å²) in [7, 11) is 3.46. The first-order valence-corrected chi connectivity index (χ1v) is 7.23. The minimum atomic E-state index is -0.331. The molecule has 1 aliphatic carbocycles. The Bertz CT molecular complexity index is 487. The number of rotatable bonds is 3. The molecule has 1 aliphatic rings. The molecule has 0 radical (unpaired) electrons. The molecule has 4 nitrogen and oxygen atoms in total. The van der Waals surface area contributed by atoms with Crippen molar-refractivity contribution in [1.29, 1.82) is 0 Å². The lowest BCUT2D eigenvalue weighted by Gasteiger charge is -2.36. The molecular formula is C16H24N2O2. The molecule has 2 atom stereocenters. The van der Waals surface area contributed by atoms with Crippen LogP contribution in [0, 0.1) is 5.92 Å². The van der Waals surface area contributed by atoms with E-state index in [4.69, 9.17) is 10.5 Å². The zero-order valence-corrected chi connectivity index (χ0v) is 12.6. The maximum atomic E-state index is 11.9. The number of carbonyl (C=O) groups is 1. The molecule has 0 aliphatic heterocycles. The number of nitrogens with two attached hydrogens (primary N) is 1. The van der Waals surface area contributed by atoms with Gasteiger partial charge in [0.25, 0.3) is 0 Å². The van der Waals surface area contributed by atoms with Crippen LogP contribution in [0.5, 0.6) is 0 Å². The standard InChI is InChI=1S/C16H24N2O2/c1-11-5-4-6-13(9-11)18(2)15-8-7-12(17)10-14(15)16(19)20-3/h7-8,10-11,13H,4-6,9,17H2,1-3H3. The molecule has 2 unspecified atom stereocenters. The van der Waals surface area contributed by atoms with Crippen LogP contribution in [0.2, 0.25) is 0 Å². The SMILES string of the molecule is COC(=O)c1cc(N)ccc1N(C)C1CCCC(C)C1. The lowest BCUT2D eigenvalue weighted by molar-refractivity contribution is 0.0601. The van der Waals surface area contributed by atoms with Crippen LogP contribution in [0.3, 0.4) is 0 Å². The van der Waals surface area contributed by atoms with E-state index in [1.165, 1.54) is 32.8 Å². The first-order chi connectivity index (χ1) is 9.52. The van der Waals surface area contributed by atoms with E-state index in [0.717, 1.165) is 11.6 Å². The lowest BCUT2D eigenvalue weighted by atomic mass is 9.86. The zero-order valence-electron chi connectivity index (χ0n) is 12.6. The fourth-order valence-electron chi connectivity index (χ4n) is 3.09. The van der Waals surface area contributed by atoms with E-state index in [1.807, 2.05) is 12.1 Å². The highest BCUT2D eigenvalue weighted by atomic mass is 16.5. The molecule has 0 spiro atoms. The number of hydrogen-bond acceptors (Lipinski definition) is 4. The van der Waals surface area contributed by atoms with Crippen LogP contribution in [0.1, 0.15) is 43.0 Å². The molecule has 4 heteroatoms. The van der Waals surface area contributed by atoms with Gasteiger partial charge in [-0.1, -0.05) is 19.8 Å². The summed E-state index contributed by atoms with van der Waals surface area (Å²) >= 11 is 0. The molecule has 1 saturated carbocycles.